The van der Waals surface area contributed by atoms with Gasteiger partial charge >= 0.3 is 5.97 Å². The number of carboxylic acid groups (broad SMARTS) is 1. The van der Waals surface area contributed by atoms with Gasteiger partial charge in [0.2, 0.25) is 5.88 Å². The summed E-state index contributed by atoms with van der Waals surface area (Å²) >= 11 is 0. The Kier molecular flexibility index (Phi) is 8.19. The molecule has 0 bridgehead atoms. The Morgan fingerprint density at radius 2 is 1.82 bits per heavy atom. The van der Waals surface area contributed by atoms with Crippen molar-refractivity contribution in [2.75, 3.05) is 13.7 Å². The fourth-order valence-corrected chi connectivity index (χ4v) is 3.63. The van der Waals surface area contributed by atoms with Crippen molar-refractivity contribution in [2.24, 2.45) is 0 Å². The molecule has 1 heterocycles. The number of aliphatic carboxylic acids is 1. The molecule has 0 saturated heterocycles. The number of carboxylic acids is 1. The second-order valence-corrected chi connectivity index (χ2v) is 7.60. The zero-order valence-electron chi connectivity index (χ0n) is 19.8. The van der Waals surface area contributed by atoms with Crippen molar-refractivity contribution in [2.45, 2.75) is 27.2 Å². The van der Waals surface area contributed by atoms with E-state index in [0.717, 1.165) is 16.9 Å². The maximum Gasteiger partial charge on any atom is 0.336 e. The molecule has 0 aliphatic heterocycles. The third kappa shape index (κ3) is 5.70. The normalized spacial score (nSPS) is 11.9. The summed E-state index contributed by atoms with van der Waals surface area (Å²) in [5.74, 6) is -0.445. The van der Waals surface area contributed by atoms with Gasteiger partial charge in [0.25, 0.3) is 0 Å². The second-order valence-electron chi connectivity index (χ2n) is 7.60. The topological polar surface area (TPSA) is 68.7 Å². The molecular weight excluding hydrogens is 433 g/mol. The van der Waals surface area contributed by atoms with Gasteiger partial charge in [-0.05, 0) is 85.0 Å². The summed E-state index contributed by atoms with van der Waals surface area (Å²) < 4.78 is 24.9. The number of methoxy groups -OCH3 is 1. The number of pyridine rings is 1. The maximum absolute atomic E-state index is 13.9. The molecule has 0 aliphatic carbocycles. The monoisotopic (exact) mass is 461 g/mol. The molecule has 3 aromatic rings. The highest BCUT2D eigenvalue weighted by atomic mass is 19.1. The third-order valence-corrected chi connectivity index (χ3v) is 5.27. The Morgan fingerprint density at radius 1 is 1.09 bits per heavy atom. The minimum absolute atomic E-state index is 0.00643. The molecule has 2 aromatic carbocycles. The molecule has 3 rings (SSSR count). The molecule has 0 aliphatic rings. The molecule has 176 valence electrons. The van der Waals surface area contributed by atoms with Crippen LogP contribution in [0.15, 0.2) is 66.7 Å². The van der Waals surface area contributed by atoms with Crippen LogP contribution in [0.1, 0.15) is 37.1 Å². The number of halogens is 1. The van der Waals surface area contributed by atoms with Crippen LogP contribution in [0.4, 0.5) is 4.39 Å². The van der Waals surface area contributed by atoms with Gasteiger partial charge in [-0.1, -0.05) is 31.2 Å². The zero-order valence-corrected chi connectivity index (χ0v) is 19.8. The van der Waals surface area contributed by atoms with E-state index in [-0.39, 0.29) is 5.57 Å². The lowest BCUT2D eigenvalue weighted by molar-refractivity contribution is -0.130. The summed E-state index contributed by atoms with van der Waals surface area (Å²) in [7, 11) is 1.54. The molecule has 6 heteroatoms. The lowest BCUT2D eigenvalue weighted by atomic mass is 9.96. The second kappa shape index (κ2) is 11.3. The molecule has 0 atom stereocenters. The van der Waals surface area contributed by atoms with Crippen LogP contribution < -0.4 is 9.47 Å². The largest absolute Gasteiger partial charge is 0.494 e. The summed E-state index contributed by atoms with van der Waals surface area (Å²) in [6, 6.07) is 15.5. The Balaban J connectivity index is 2.07. The number of aryl methyl sites for hydroxylation is 1. The van der Waals surface area contributed by atoms with Crippen LogP contribution in [-0.4, -0.2) is 29.8 Å². The number of carbonyl (C=O) groups is 1. The summed E-state index contributed by atoms with van der Waals surface area (Å²) in [5, 5.41) is 9.89. The van der Waals surface area contributed by atoms with E-state index in [0.29, 0.717) is 41.3 Å². The lowest BCUT2D eigenvalue weighted by Gasteiger charge is -2.13. The third-order valence-electron chi connectivity index (χ3n) is 5.27. The number of hydrogen-bond donors (Lipinski definition) is 1. The van der Waals surface area contributed by atoms with E-state index >= 15 is 0 Å². The summed E-state index contributed by atoms with van der Waals surface area (Å²) in [4.78, 5) is 16.8. The van der Waals surface area contributed by atoms with Gasteiger partial charge in [0.15, 0.2) is 0 Å². The Hall–Kier alpha value is -3.93. The number of nitrogens with zero attached hydrogens (tertiary/aromatic N) is 1. The molecular formula is C28H28FNO4. The van der Waals surface area contributed by atoms with Crippen LogP contribution in [0.5, 0.6) is 11.6 Å². The number of allylic oxidation sites excluding steroid dienone is 3. The van der Waals surface area contributed by atoms with E-state index in [1.807, 2.05) is 56.3 Å². The van der Waals surface area contributed by atoms with E-state index < -0.39 is 11.8 Å². The number of hydrogen-bond acceptors (Lipinski definition) is 4. The first-order chi connectivity index (χ1) is 16.4. The molecule has 0 amide bonds. The summed E-state index contributed by atoms with van der Waals surface area (Å²) in [5.41, 5.74) is 3.87. The highest BCUT2D eigenvalue weighted by molar-refractivity contribution is 6.18. The van der Waals surface area contributed by atoms with Gasteiger partial charge in [-0.25, -0.2) is 14.2 Å². The molecule has 0 fully saturated rings. The van der Waals surface area contributed by atoms with E-state index in [4.69, 9.17) is 9.47 Å². The van der Waals surface area contributed by atoms with Crippen molar-refractivity contribution in [3.05, 3.63) is 89.4 Å². The first-order valence-electron chi connectivity index (χ1n) is 11.1. The Morgan fingerprint density at radius 3 is 2.44 bits per heavy atom. The maximum atomic E-state index is 13.9. The minimum atomic E-state index is -1.14. The quantitative estimate of drug-likeness (QED) is 0.288. The number of ether oxygens (including phenoxy) is 2. The molecule has 1 aromatic heterocycles. The van der Waals surface area contributed by atoms with Crippen molar-refractivity contribution in [3.63, 3.8) is 0 Å². The molecule has 34 heavy (non-hydrogen) atoms. The Bertz CT molecular complexity index is 1230. The molecule has 5 nitrogen and oxygen atoms in total. The van der Waals surface area contributed by atoms with Gasteiger partial charge in [0.05, 0.1) is 25.0 Å². The van der Waals surface area contributed by atoms with Crippen molar-refractivity contribution in [1.29, 1.82) is 0 Å². The van der Waals surface area contributed by atoms with E-state index in [2.05, 4.69) is 4.98 Å². The standard InChI is InChI=1S/C28H28FNO4/c1-5-7-20(16-25(28(31)32)24-17-21(29)11-8-18(24)3)26-15-14-23(27(30-26)33-4)19-9-12-22(13-10-19)34-6-2/h7-17H,5-6H2,1-4H3,(H,31,32)/b20-7-,25-16+. The summed E-state index contributed by atoms with van der Waals surface area (Å²) in [6.07, 6.45) is 4.08. The van der Waals surface area contributed by atoms with E-state index in [1.54, 1.807) is 20.1 Å². The van der Waals surface area contributed by atoms with Gasteiger partial charge in [-0.3, -0.25) is 0 Å². The van der Waals surface area contributed by atoms with Gasteiger partial charge in [-0.15, -0.1) is 0 Å². The fourth-order valence-electron chi connectivity index (χ4n) is 3.63. The average Bonchev–Trinajstić information content (AvgIpc) is 2.83. The first kappa shape index (κ1) is 24.7. The van der Waals surface area contributed by atoms with Gasteiger partial charge in [-0.2, -0.15) is 0 Å². The van der Waals surface area contributed by atoms with Crippen LogP contribution >= 0.6 is 0 Å². The smallest absolute Gasteiger partial charge is 0.336 e. The number of rotatable bonds is 9. The SMILES string of the molecule is CC/C=C(/C=C(/C(=O)O)c1cc(F)ccc1C)c1ccc(-c2ccc(OCC)cc2)c(OC)n1. The molecule has 0 saturated carbocycles. The van der Waals surface area contributed by atoms with Crippen molar-refractivity contribution >= 4 is 17.1 Å². The van der Waals surface area contributed by atoms with Crippen molar-refractivity contribution in [3.8, 4) is 22.8 Å². The highest BCUT2D eigenvalue weighted by Crippen LogP contribution is 2.32. The van der Waals surface area contributed by atoms with Gasteiger partial charge in [0.1, 0.15) is 11.6 Å². The predicted molar refractivity (Wildman–Crippen MR) is 132 cm³/mol. The van der Waals surface area contributed by atoms with Crippen LogP contribution in [0.25, 0.3) is 22.3 Å². The molecule has 0 radical (unpaired) electrons. The van der Waals surface area contributed by atoms with Crippen LogP contribution in [0.2, 0.25) is 0 Å². The van der Waals surface area contributed by atoms with E-state index in [1.165, 1.54) is 18.2 Å². The van der Waals surface area contributed by atoms with E-state index in [9.17, 15) is 14.3 Å². The summed E-state index contributed by atoms with van der Waals surface area (Å²) in [6.45, 7) is 6.22. The Labute approximate surface area is 199 Å². The molecule has 0 unspecified atom stereocenters. The van der Waals surface area contributed by atoms with Crippen molar-refractivity contribution in [1.82, 2.24) is 4.98 Å². The number of aromatic nitrogens is 1. The fraction of sp³-hybridized carbons (Fsp3) is 0.214. The van der Waals surface area contributed by atoms with Crippen LogP contribution in [0, 0.1) is 12.7 Å². The number of benzene rings is 2. The molecule has 1 N–H and O–H groups in total. The van der Waals surface area contributed by atoms with Gasteiger partial charge < -0.3 is 14.6 Å². The average molecular weight is 462 g/mol. The predicted octanol–water partition coefficient (Wildman–Crippen LogP) is 6.57. The lowest BCUT2D eigenvalue weighted by Crippen LogP contribution is -2.03. The van der Waals surface area contributed by atoms with Crippen LogP contribution in [0.3, 0.4) is 0 Å². The molecule has 0 spiro atoms. The van der Waals surface area contributed by atoms with Crippen LogP contribution in [-0.2, 0) is 4.79 Å². The highest BCUT2D eigenvalue weighted by Gasteiger charge is 2.17. The van der Waals surface area contributed by atoms with Gasteiger partial charge in [0, 0.05) is 5.56 Å². The minimum Gasteiger partial charge on any atom is -0.494 e. The first-order valence-corrected chi connectivity index (χ1v) is 11.1. The zero-order chi connectivity index (χ0) is 24.7. The van der Waals surface area contributed by atoms with Crippen molar-refractivity contribution < 1.29 is 23.8 Å².